The summed E-state index contributed by atoms with van der Waals surface area (Å²) < 4.78 is 8.19. The summed E-state index contributed by atoms with van der Waals surface area (Å²) in [5.41, 5.74) is 3.34. The minimum Gasteiger partial charge on any atom is -0.471 e. The highest BCUT2D eigenvalue weighted by Gasteiger charge is 2.28. The van der Waals surface area contributed by atoms with Crippen molar-refractivity contribution in [1.29, 1.82) is 0 Å². The highest BCUT2D eigenvalue weighted by Crippen LogP contribution is 2.34. The molecule has 0 spiro atoms. The smallest absolute Gasteiger partial charge is 0.237 e. The molecular formula is C23H22Cl3N3O. The summed E-state index contributed by atoms with van der Waals surface area (Å²) in [5.74, 6) is 1.82. The topological polar surface area (TPSA) is 39.4 Å². The fraction of sp³-hybridized carbons (Fsp3) is 0.304. The molecule has 1 aliphatic heterocycles. The molecule has 1 aliphatic rings. The number of aromatic nitrogens is 2. The summed E-state index contributed by atoms with van der Waals surface area (Å²) >= 11 is 18.7. The van der Waals surface area contributed by atoms with E-state index in [-0.39, 0.29) is 6.10 Å². The van der Waals surface area contributed by atoms with Crippen molar-refractivity contribution in [2.45, 2.75) is 33.3 Å². The third kappa shape index (κ3) is 4.22. The van der Waals surface area contributed by atoms with Gasteiger partial charge in [-0.1, -0.05) is 48.7 Å². The van der Waals surface area contributed by atoms with Crippen LogP contribution in [-0.4, -0.2) is 28.1 Å². The van der Waals surface area contributed by atoms with Gasteiger partial charge in [0.2, 0.25) is 5.90 Å². The number of aliphatic imine (C=N–C) groups is 1. The molecule has 2 heterocycles. The summed E-state index contributed by atoms with van der Waals surface area (Å²) in [5, 5.41) is 1.77. The van der Waals surface area contributed by atoms with Crippen LogP contribution in [0.1, 0.15) is 31.7 Å². The van der Waals surface area contributed by atoms with Crippen LogP contribution in [0.3, 0.4) is 0 Å². The van der Waals surface area contributed by atoms with E-state index < -0.39 is 0 Å². The Hall–Kier alpha value is -2.01. The first kappa shape index (κ1) is 21.2. The molecule has 0 saturated heterocycles. The molecular weight excluding hydrogens is 441 g/mol. The zero-order valence-corrected chi connectivity index (χ0v) is 19.3. The molecule has 4 nitrogen and oxygen atoms in total. The summed E-state index contributed by atoms with van der Waals surface area (Å²) in [6, 6.07) is 13.0. The maximum Gasteiger partial charge on any atom is 0.237 e. The van der Waals surface area contributed by atoms with Crippen molar-refractivity contribution in [1.82, 2.24) is 9.55 Å². The third-order valence-electron chi connectivity index (χ3n) is 5.02. The molecule has 1 atom stereocenters. The van der Waals surface area contributed by atoms with Crippen molar-refractivity contribution in [2.75, 3.05) is 6.54 Å². The second kappa shape index (κ2) is 8.62. The second-order valence-corrected chi connectivity index (χ2v) is 9.10. The van der Waals surface area contributed by atoms with E-state index in [1.165, 1.54) is 0 Å². The van der Waals surface area contributed by atoms with Gasteiger partial charge in [-0.05, 0) is 61.7 Å². The van der Waals surface area contributed by atoms with Crippen LogP contribution < -0.4 is 0 Å². The van der Waals surface area contributed by atoms with Crippen molar-refractivity contribution < 1.29 is 4.74 Å². The number of benzene rings is 2. The summed E-state index contributed by atoms with van der Waals surface area (Å²) in [6.07, 6.45) is 1.04. The molecule has 0 bridgehead atoms. The maximum absolute atomic E-state index is 6.53. The lowest BCUT2D eigenvalue weighted by atomic mass is 10.1. The molecule has 3 aromatic rings. The van der Waals surface area contributed by atoms with Crippen LogP contribution in [0.5, 0.6) is 0 Å². The normalized spacial score (nSPS) is 16.1. The van der Waals surface area contributed by atoms with Gasteiger partial charge in [-0.3, -0.25) is 4.57 Å². The van der Waals surface area contributed by atoms with Crippen LogP contribution in [0.15, 0.2) is 47.5 Å². The average molecular weight is 463 g/mol. The third-order valence-corrected chi connectivity index (χ3v) is 5.82. The van der Waals surface area contributed by atoms with Crippen molar-refractivity contribution in [3.63, 3.8) is 0 Å². The van der Waals surface area contributed by atoms with Gasteiger partial charge in [0.1, 0.15) is 17.6 Å². The molecule has 1 unspecified atom stereocenters. The van der Waals surface area contributed by atoms with Gasteiger partial charge in [0, 0.05) is 21.3 Å². The number of halogens is 3. The molecule has 4 rings (SSSR count). The number of rotatable bonds is 5. The van der Waals surface area contributed by atoms with Crippen molar-refractivity contribution in [3.8, 4) is 17.1 Å². The zero-order chi connectivity index (χ0) is 21.4. The maximum atomic E-state index is 6.53. The Morgan fingerprint density at radius 1 is 1.07 bits per heavy atom. The fourth-order valence-corrected chi connectivity index (χ4v) is 4.28. The highest BCUT2D eigenvalue weighted by molar-refractivity contribution is 6.36. The number of ether oxygens (including phenoxy) is 1. The van der Waals surface area contributed by atoms with Gasteiger partial charge in [-0.15, -0.1) is 0 Å². The lowest BCUT2D eigenvalue weighted by Crippen LogP contribution is -2.16. The van der Waals surface area contributed by atoms with Crippen LogP contribution in [-0.2, 0) is 4.74 Å². The van der Waals surface area contributed by atoms with E-state index in [0.29, 0.717) is 39.3 Å². The second-order valence-electron chi connectivity index (χ2n) is 7.82. The number of hydrogen-bond donors (Lipinski definition) is 0. The summed E-state index contributed by atoms with van der Waals surface area (Å²) in [6.45, 7) is 7.02. The van der Waals surface area contributed by atoms with Crippen LogP contribution in [0.4, 0.5) is 0 Å². The first-order valence-electron chi connectivity index (χ1n) is 9.85. The first-order valence-corrected chi connectivity index (χ1v) is 11.0. The molecule has 156 valence electrons. The largest absolute Gasteiger partial charge is 0.471 e. The van der Waals surface area contributed by atoms with Gasteiger partial charge < -0.3 is 4.74 Å². The van der Waals surface area contributed by atoms with Gasteiger partial charge in [0.05, 0.1) is 17.3 Å². The molecule has 0 amide bonds. The van der Waals surface area contributed by atoms with Gasteiger partial charge in [-0.2, -0.15) is 0 Å². The number of nitrogens with zero attached hydrogens (tertiary/aromatic N) is 3. The number of hydrogen-bond acceptors (Lipinski definition) is 3. The predicted molar refractivity (Wildman–Crippen MR) is 124 cm³/mol. The van der Waals surface area contributed by atoms with E-state index >= 15 is 0 Å². The molecule has 7 heteroatoms. The fourth-order valence-electron chi connectivity index (χ4n) is 3.66. The van der Waals surface area contributed by atoms with E-state index in [1.807, 2.05) is 41.8 Å². The monoisotopic (exact) mass is 461 g/mol. The van der Waals surface area contributed by atoms with Gasteiger partial charge in [0.15, 0.2) is 0 Å². The average Bonchev–Trinajstić information content (AvgIpc) is 3.26. The number of imidazole rings is 1. The van der Waals surface area contributed by atoms with E-state index in [9.17, 15) is 0 Å². The lowest BCUT2D eigenvalue weighted by Gasteiger charge is -2.13. The van der Waals surface area contributed by atoms with Crippen LogP contribution in [0.2, 0.25) is 15.1 Å². The van der Waals surface area contributed by atoms with E-state index in [2.05, 4.69) is 18.8 Å². The van der Waals surface area contributed by atoms with Crippen molar-refractivity contribution in [3.05, 3.63) is 68.9 Å². The Labute approximate surface area is 191 Å². The predicted octanol–water partition coefficient (Wildman–Crippen LogP) is 7.00. The standard InChI is InChI=1S/C23H22Cl3N3O/c1-13(2)10-18-12-27-23(30-18)21-14(3)29(17-7-4-15(24)5-8-17)22(28-21)19-9-6-16(25)11-20(19)26/h4-9,11,13,18H,10,12H2,1-3H3. The molecule has 0 N–H and O–H groups in total. The van der Waals surface area contributed by atoms with Crippen molar-refractivity contribution >= 4 is 40.7 Å². The molecule has 0 aliphatic carbocycles. The summed E-state index contributed by atoms with van der Waals surface area (Å²) in [4.78, 5) is 9.55. The molecule has 2 aromatic carbocycles. The highest BCUT2D eigenvalue weighted by atomic mass is 35.5. The minimum absolute atomic E-state index is 0.0858. The van der Waals surface area contributed by atoms with E-state index in [4.69, 9.17) is 44.5 Å². The SMILES string of the molecule is Cc1c(C2=NCC(CC(C)C)O2)nc(-c2ccc(Cl)cc2Cl)n1-c1ccc(Cl)cc1. The summed E-state index contributed by atoms with van der Waals surface area (Å²) in [7, 11) is 0. The van der Waals surface area contributed by atoms with Crippen LogP contribution in [0.25, 0.3) is 17.1 Å². The van der Waals surface area contributed by atoms with Gasteiger partial charge >= 0.3 is 0 Å². The zero-order valence-electron chi connectivity index (χ0n) is 17.0. The molecule has 0 radical (unpaired) electrons. The van der Waals surface area contributed by atoms with Crippen molar-refractivity contribution in [2.24, 2.45) is 10.9 Å². The van der Waals surface area contributed by atoms with Gasteiger partial charge in [-0.25, -0.2) is 9.98 Å². The first-order chi connectivity index (χ1) is 14.3. The van der Waals surface area contributed by atoms with Crippen LogP contribution in [0, 0.1) is 12.8 Å². The molecule has 0 saturated carbocycles. The van der Waals surface area contributed by atoms with Crippen LogP contribution >= 0.6 is 34.8 Å². The Bertz CT molecular complexity index is 1100. The Morgan fingerprint density at radius 2 is 1.77 bits per heavy atom. The molecule has 30 heavy (non-hydrogen) atoms. The van der Waals surface area contributed by atoms with E-state index in [1.54, 1.807) is 12.1 Å². The molecule has 0 fully saturated rings. The Kier molecular flexibility index (Phi) is 6.10. The lowest BCUT2D eigenvalue weighted by molar-refractivity contribution is 0.195. The van der Waals surface area contributed by atoms with Gasteiger partial charge in [0.25, 0.3) is 0 Å². The Morgan fingerprint density at radius 3 is 2.43 bits per heavy atom. The minimum atomic E-state index is 0.0858. The Balaban J connectivity index is 1.83. The quantitative estimate of drug-likeness (QED) is 0.409. The van der Waals surface area contributed by atoms with E-state index in [0.717, 1.165) is 29.1 Å². The molecule has 1 aromatic heterocycles.